The Kier molecular flexibility index (Phi) is 6.45. The zero-order valence-electron chi connectivity index (χ0n) is 15.9. The summed E-state index contributed by atoms with van der Waals surface area (Å²) in [6.45, 7) is 0.485. The van der Waals surface area contributed by atoms with Crippen molar-refractivity contribution in [2.75, 3.05) is 40.4 Å². The highest BCUT2D eigenvalue weighted by atomic mass is 79.9. The van der Waals surface area contributed by atoms with Gasteiger partial charge in [-0.1, -0.05) is 15.9 Å². The third-order valence-corrected chi connectivity index (χ3v) is 7.09. The van der Waals surface area contributed by atoms with E-state index in [4.69, 9.17) is 9.47 Å². The van der Waals surface area contributed by atoms with E-state index >= 15 is 0 Å². The molecule has 0 N–H and O–H groups in total. The average molecular weight is 487 g/mol. The summed E-state index contributed by atoms with van der Waals surface area (Å²) in [6, 6.07) is 8.77. The molecule has 10 heteroatoms. The fourth-order valence-corrected chi connectivity index (χ4v) is 5.02. The minimum absolute atomic E-state index is 0.00178. The molecule has 1 amide bonds. The zero-order valence-corrected chi connectivity index (χ0v) is 18.3. The van der Waals surface area contributed by atoms with E-state index < -0.39 is 21.7 Å². The molecule has 0 atom stereocenters. The standard InChI is InChI=1S/C19H20BrFN2O5S/c1-27-14-4-6-17(28-2)18(12-14)29(25,26)23-9-7-22(8-10-23)19(24)15-5-3-13(20)11-16(15)21/h3-6,11-12H,7-10H2,1-2H3. The number of hydrogen-bond acceptors (Lipinski definition) is 5. The van der Waals surface area contributed by atoms with Gasteiger partial charge in [-0.25, -0.2) is 12.8 Å². The monoisotopic (exact) mass is 486 g/mol. The molecule has 156 valence electrons. The Morgan fingerprint density at radius 1 is 1.03 bits per heavy atom. The number of amides is 1. The molecule has 2 aromatic rings. The lowest BCUT2D eigenvalue weighted by Crippen LogP contribution is -2.50. The molecule has 1 aliphatic rings. The van der Waals surface area contributed by atoms with Crippen molar-refractivity contribution in [3.05, 3.63) is 52.3 Å². The highest BCUT2D eigenvalue weighted by Crippen LogP contribution is 2.31. The number of hydrogen-bond donors (Lipinski definition) is 0. The minimum atomic E-state index is -3.85. The second kappa shape index (κ2) is 8.68. The van der Waals surface area contributed by atoms with Crippen molar-refractivity contribution < 1.29 is 27.1 Å². The van der Waals surface area contributed by atoms with E-state index in [1.54, 1.807) is 12.1 Å². The fraction of sp³-hybridized carbons (Fsp3) is 0.316. The summed E-state index contributed by atoms with van der Waals surface area (Å²) in [7, 11) is -1.01. The number of piperazine rings is 1. The van der Waals surface area contributed by atoms with Crippen LogP contribution < -0.4 is 9.47 Å². The Bertz CT molecular complexity index is 1020. The molecule has 1 saturated heterocycles. The van der Waals surface area contributed by atoms with Gasteiger partial charge in [-0.05, 0) is 30.3 Å². The maximum Gasteiger partial charge on any atom is 0.256 e. The van der Waals surface area contributed by atoms with Crippen LogP contribution in [0.15, 0.2) is 45.8 Å². The van der Waals surface area contributed by atoms with Gasteiger partial charge in [0.05, 0.1) is 19.8 Å². The van der Waals surface area contributed by atoms with E-state index in [1.165, 1.54) is 47.7 Å². The summed E-state index contributed by atoms with van der Waals surface area (Å²) < 4.78 is 52.4. The Morgan fingerprint density at radius 3 is 2.31 bits per heavy atom. The molecule has 3 rings (SSSR count). The topological polar surface area (TPSA) is 76.2 Å². The Labute approximate surface area is 177 Å². The van der Waals surface area contributed by atoms with Crippen molar-refractivity contribution in [3.8, 4) is 11.5 Å². The van der Waals surface area contributed by atoms with Crippen LogP contribution in [0.5, 0.6) is 11.5 Å². The SMILES string of the molecule is COc1ccc(OC)c(S(=O)(=O)N2CCN(C(=O)c3ccc(Br)cc3F)CC2)c1. The van der Waals surface area contributed by atoms with Gasteiger partial charge in [0, 0.05) is 36.7 Å². The van der Waals surface area contributed by atoms with Gasteiger partial charge in [0.1, 0.15) is 22.2 Å². The first kappa shape index (κ1) is 21.5. The number of halogens is 2. The average Bonchev–Trinajstić information content (AvgIpc) is 2.73. The number of sulfonamides is 1. The highest BCUT2D eigenvalue weighted by molar-refractivity contribution is 9.10. The molecule has 0 aliphatic carbocycles. The quantitative estimate of drug-likeness (QED) is 0.649. The van der Waals surface area contributed by atoms with E-state index in [0.717, 1.165) is 0 Å². The summed E-state index contributed by atoms with van der Waals surface area (Å²) >= 11 is 3.16. The lowest BCUT2D eigenvalue weighted by molar-refractivity contribution is 0.0693. The zero-order chi connectivity index (χ0) is 21.2. The second-order valence-corrected chi connectivity index (χ2v) is 9.16. The Morgan fingerprint density at radius 2 is 1.72 bits per heavy atom. The number of rotatable bonds is 5. The second-order valence-electron chi connectivity index (χ2n) is 6.34. The first-order valence-electron chi connectivity index (χ1n) is 8.74. The predicted molar refractivity (Wildman–Crippen MR) is 108 cm³/mol. The molecular formula is C19H20BrFN2O5S. The van der Waals surface area contributed by atoms with Gasteiger partial charge in [-0.2, -0.15) is 4.31 Å². The molecule has 0 spiro atoms. The lowest BCUT2D eigenvalue weighted by atomic mass is 10.1. The van der Waals surface area contributed by atoms with Gasteiger partial charge >= 0.3 is 0 Å². The third-order valence-electron chi connectivity index (χ3n) is 4.68. The minimum Gasteiger partial charge on any atom is -0.497 e. The largest absolute Gasteiger partial charge is 0.497 e. The predicted octanol–water partition coefficient (Wildman–Crippen LogP) is 2.75. The van der Waals surface area contributed by atoms with Crippen molar-refractivity contribution in [2.24, 2.45) is 0 Å². The molecule has 0 aromatic heterocycles. The van der Waals surface area contributed by atoms with Crippen LogP contribution >= 0.6 is 15.9 Å². The Hall–Kier alpha value is -2.17. The normalized spacial score (nSPS) is 15.2. The van der Waals surface area contributed by atoms with Crippen molar-refractivity contribution in [3.63, 3.8) is 0 Å². The number of carbonyl (C=O) groups excluding carboxylic acids is 1. The third kappa shape index (κ3) is 4.39. The van der Waals surface area contributed by atoms with Crippen LogP contribution in [-0.4, -0.2) is 63.9 Å². The first-order valence-corrected chi connectivity index (χ1v) is 11.0. The first-order chi connectivity index (χ1) is 13.8. The maximum atomic E-state index is 14.1. The van der Waals surface area contributed by atoms with Gasteiger partial charge in [-0.3, -0.25) is 4.79 Å². The number of ether oxygens (including phenoxy) is 2. The van der Waals surface area contributed by atoms with E-state index in [0.29, 0.717) is 10.2 Å². The van der Waals surface area contributed by atoms with Crippen LogP contribution in [0, 0.1) is 5.82 Å². The molecule has 2 aromatic carbocycles. The summed E-state index contributed by atoms with van der Waals surface area (Å²) in [5.74, 6) is -0.489. The van der Waals surface area contributed by atoms with Crippen LogP contribution in [0.4, 0.5) is 4.39 Å². The van der Waals surface area contributed by atoms with Crippen LogP contribution in [0.2, 0.25) is 0 Å². The molecule has 1 heterocycles. The van der Waals surface area contributed by atoms with Crippen molar-refractivity contribution in [1.29, 1.82) is 0 Å². The van der Waals surface area contributed by atoms with Gasteiger partial charge in [0.2, 0.25) is 10.0 Å². The molecule has 0 unspecified atom stereocenters. The number of nitrogens with zero attached hydrogens (tertiary/aromatic N) is 2. The molecule has 29 heavy (non-hydrogen) atoms. The molecular weight excluding hydrogens is 467 g/mol. The maximum absolute atomic E-state index is 14.1. The number of carbonyl (C=O) groups is 1. The van der Waals surface area contributed by atoms with E-state index in [-0.39, 0.29) is 42.4 Å². The number of methoxy groups -OCH3 is 2. The van der Waals surface area contributed by atoms with Crippen molar-refractivity contribution >= 4 is 31.9 Å². The van der Waals surface area contributed by atoms with Crippen molar-refractivity contribution in [2.45, 2.75) is 4.90 Å². The smallest absolute Gasteiger partial charge is 0.256 e. The van der Waals surface area contributed by atoms with Gasteiger partial charge in [0.25, 0.3) is 5.91 Å². The lowest BCUT2D eigenvalue weighted by Gasteiger charge is -2.34. The van der Waals surface area contributed by atoms with E-state index in [2.05, 4.69) is 15.9 Å². The van der Waals surface area contributed by atoms with Crippen LogP contribution in [0.3, 0.4) is 0 Å². The molecule has 1 aliphatic heterocycles. The van der Waals surface area contributed by atoms with E-state index in [1.807, 2.05) is 0 Å². The summed E-state index contributed by atoms with van der Waals surface area (Å²) in [5.41, 5.74) is -0.0426. The molecule has 0 saturated carbocycles. The number of benzene rings is 2. The van der Waals surface area contributed by atoms with Gasteiger partial charge < -0.3 is 14.4 Å². The summed E-state index contributed by atoms with van der Waals surface area (Å²) in [4.78, 5) is 14.1. The molecule has 0 bridgehead atoms. The molecule has 1 fully saturated rings. The van der Waals surface area contributed by atoms with Crippen LogP contribution in [-0.2, 0) is 10.0 Å². The molecule has 7 nitrogen and oxygen atoms in total. The van der Waals surface area contributed by atoms with Crippen molar-refractivity contribution in [1.82, 2.24) is 9.21 Å². The van der Waals surface area contributed by atoms with Crippen LogP contribution in [0.25, 0.3) is 0 Å². The summed E-state index contributed by atoms with van der Waals surface area (Å²) in [5, 5.41) is 0. The summed E-state index contributed by atoms with van der Waals surface area (Å²) in [6.07, 6.45) is 0. The van der Waals surface area contributed by atoms with E-state index in [9.17, 15) is 17.6 Å². The van der Waals surface area contributed by atoms with Gasteiger partial charge in [0.15, 0.2) is 0 Å². The van der Waals surface area contributed by atoms with Crippen LogP contribution in [0.1, 0.15) is 10.4 Å². The Balaban J connectivity index is 1.77. The fourth-order valence-electron chi connectivity index (χ4n) is 3.09. The van der Waals surface area contributed by atoms with Gasteiger partial charge in [-0.15, -0.1) is 0 Å². The molecule has 0 radical (unpaired) electrons. The highest BCUT2D eigenvalue weighted by Gasteiger charge is 2.33.